The van der Waals surface area contributed by atoms with Crippen LogP contribution >= 0.6 is 11.8 Å². The van der Waals surface area contributed by atoms with Crippen molar-refractivity contribution in [2.45, 2.75) is 18.5 Å². The third-order valence-electron chi connectivity index (χ3n) is 2.75. The average molecular weight is 223 g/mol. The van der Waals surface area contributed by atoms with Crippen molar-refractivity contribution in [1.82, 2.24) is 5.32 Å². The summed E-state index contributed by atoms with van der Waals surface area (Å²) in [4.78, 5) is 0. The van der Waals surface area contributed by atoms with Crippen LogP contribution in [0.1, 0.15) is 18.0 Å². The highest BCUT2D eigenvalue weighted by Crippen LogP contribution is 2.21. The number of hydrogen-bond donors (Lipinski definition) is 2. The van der Waals surface area contributed by atoms with Crippen LogP contribution in [0.4, 0.5) is 0 Å². The van der Waals surface area contributed by atoms with Crippen molar-refractivity contribution in [3.8, 4) is 0 Å². The Bertz CT molecular complexity index is 285. The van der Waals surface area contributed by atoms with Crippen LogP contribution in [0.15, 0.2) is 30.3 Å². The molecule has 0 aliphatic carbocycles. The Balaban J connectivity index is 1.97. The molecule has 1 aliphatic heterocycles. The standard InChI is InChI=1S/C12H17NOS/c14-8-12(10-4-2-1-3-5-10)13-11-6-7-15-9-11/h1-5,11-14H,6-9H2. The summed E-state index contributed by atoms with van der Waals surface area (Å²) in [5, 5.41) is 12.9. The normalized spacial score (nSPS) is 22.9. The van der Waals surface area contributed by atoms with E-state index in [0.29, 0.717) is 6.04 Å². The Morgan fingerprint density at radius 2 is 2.20 bits per heavy atom. The van der Waals surface area contributed by atoms with Gasteiger partial charge in [-0.1, -0.05) is 30.3 Å². The summed E-state index contributed by atoms with van der Waals surface area (Å²) < 4.78 is 0. The lowest BCUT2D eigenvalue weighted by Gasteiger charge is -2.20. The van der Waals surface area contributed by atoms with Crippen LogP contribution < -0.4 is 5.32 Å². The van der Waals surface area contributed by atoms with Crippen LogP contribution in [0, 0.1) is 0 Å². The lowest BCUT2D eigenvalue weighted by molar-refractivity contribution is 0.236. The SMILES string of the molecule is OCC(NC1CCSC1)c1ccccc1. The molecule has 2 unspecified atom stereocenters. The van der Waals surface area contributed by atoms with Gasteiger partial charge in [0.1, 0.15) is 0 Å². The van der Waals surface area contributed by atoms with E-state index in [4.69, 9.17) is 0 Å². The van der Waals surface area contributed by atoms with Gasteiger partial charge in [0.2, 0.25) is 0 Å². The molecule has 0 radical (unpaired) electrons. The first-order valence-electron chi connectivity index (χ1n) is 5.40. The highest BCUT2D eigenvalue weighted by atomic mass is 32.2. The predicted molar refractivity (Wildman–Crippen MR) is 65.1 cm³/mol. The highest BCUT2D eigenvalue weighted by molar-refractivity contribution is 7.99. The Morgan fingerprint density at radius 3 is 2.80 bits per heavy atom. The van der Waals surface area contributed by atoms with Crippen LogP contribution in [0.25, 0.3) is 0 Å². The molecule has 0 amide bonds. The van der Waals surface area contributed by atoms with Crippen molar-refractivity contribution in [3.63, 3.8) is 0 Å². The Hall–Kier alpha value is -0.510. The molecule has 2 atom stereocenters. The smallest absolute Gasteiger partial charge is 0.0626 e. The molecule has 1 aromatic rings. The second-order valence-electron chi connectivity index (χ2n) is 3.87. The van der Waals surface area contributed by atoms with E-state index in [2.05, 4.69) is 17.4 Å². The van der Waals surface area contributed by atoms with Gasteiger partial charge in [-0.25, -0.2) is 0 Å². The van der Waals surface area contributed by atoms with Crippen LogP contribution in [0.2, 0.25) is 0 Å². The fourth-order valence-corrected chi connectivity index (χ4v) is 3.06. The molecule has 0 bridgehead atoms. The molecule has 2 nitrogen and oxygen atoms in total. The van der Waals surface area contributed by atoms with E-state index in [-0.39, 0.29) is 12.6 Å². The van der Waals surface area contributed by atoms with E-state index in [0.717, 1.165) is 0 Å². The summed E-state index contributed by atoms with van der Waals surface area (Å²) in [5.41, 5.74) is 1.18. The van der Waals surface area contributed by atoms with Crippen molar-refractivity contribution in [1.29, 1.82) is 0 Å². The Morgan fingerprint density at radius 1 is 1.40 bits per heavy atom. The maximum Gasteiger partial charge on any atom is 0.0626 e. The molecule has 3 heteroatoms. The number of nitrogens with one attached hydrogen (secondary N) is 1. The van der Waals surface area contributed by atoms with E-state index >= 15 is 0 Å². The molecular formula is C12H17NOS. The molecule has 0 saturated carbocycles. The molecule has 1 aromatic carbocycles. The van der Waals surface area contributed by atoms with Crippen LogP contribution in [-0.2, 0) is 0 Å². The first-order valence-corrected chi connectivity index (χ1v) is 6.55. The summed E-state index contributed by atoms with van der Waals surface area (Å²) in [6.07, 6.45) is 1.22. The number of thioether (sulfide) groups is 1. The molecule has 82 valence electrons. The van der Waals surface area contributed by atoms with Gasteiger partial charge in [-0.3, -0.25) is 0 Å². The van der Waals surface area contributed by atoms with E-state index in [1.165, 1.54) is 23.5 Å². The number of benzene rings is 1. The molecule has 2 N–H and O–H groups in total. The van der Waals surface area contributed by atoms with Gasteiger partial charge in [-0.2, -0.15) is 11.8 Å². The second-order valence-corrected chi connectivity index (χ2v) is 5.02. The average Bonchev–Trinajstić information content (AvgIpc) is 2.80. The van der Waals surface area contributed by atoms with Crippen molar-refractivity contribution in [2.75, 3.05) is 18.1 Å². The highest BCUT2D eigenvalue weighted by Gasteiger charge is 2.19. The van der Waals surface area contributed by atoms with Crippen LogP contribution in [-0.4, -0.2) is 29.3 Å². The molecular weight excluding hydrogens is 206 g/mol. The van der Waals surface area contributed by atoms with Gasteiger partial charge < -0.3 is 10.4 Å². The quantitative estimate of drug-likeness (QED) is 0.816. The van der Waals surface area contributed by atoms with Gasteiger partial charge in [0.25, 0.3) is 0 Å². The van der Waals surface area contributed by atoms with Gasteiger partial charge in [-0.15, -0.1) is 0 Å². The minimum absolute atomic E-state index is 0.0925. The molecule has 15 heavy (non-hydrogen) atoms. The zero-order valence-corrected chi connectivity index (χ0v) is 9.54. The van der Waals surface area contributed by atoms with Crippen molar-refractivity contribution < 1.29 is 5.11 Å². The van der Waals surface area contributed by atoms with E-state index in [1.807, 2.05) is 30.0 Å². The third kappa shape index (κ3) is 2.97. The van der Waals surface area contributed by atoms with E-state index in [9.17, 15) is 5.11 Å². The van der Waals surface area contributed by atoms with Gasteiger partial charge >= 0.3 is 0 Å². The predicted octanol–water partition coefficient (Wildman–Crippen LogP) is 1.82. The van der Waals surface area contributed by atoms with Gasteiger partial charge in [0, 0.05) is 11.8 Å². The van der Waals surface area contributed by atoms with E-state index in [1.54, 1.807) is 0 Å². The van der Waals surface area contributed by atoms with Crippen molar-refractivity contribution >= 4 is 11.8 Å². The lowest BCUT2D eigenvalue weighted by Crippen LogP contribution is -2.34. The Labute approximate surface area is 95.1 Å². The fourth-order valence-electron chi connectivity index (χ4n) is 1.89. The zero-order valence-electron chi connectivity index (χ0n) is 8.73. The van der Waals surface area contributed by atoms with Gasteiger partial charge in [0.05, 0.1) is 12.6 Å². The lowest BCUT2D eigenvalue weighted by atomic mass is 10.1. The summed E-state index contributed by atoms with van der Waals surface area (Å²) in [7, 11) is 0. The number of aliphatic hydroxyl groups is 1. The number of hydrogen-bond acceptors (Lipinski definition) is 3. The molecule has 1 fully saturated rings. The van der Waals surface area contributed by atoms with Gasteiger partial charge in [0.15, 0.2) is 0 Å². The zero-order chi connectivity index (χ0) is 10.5. The summed E-state index contributed by atoms with van der Waals surface area (Å²) >= 11 is 1.99. The molecule has 1 aliphatic rings. The van der Waals surface area contributed by atoms with E-state index < -0.39 is 0 Å². The second kappa shape index (κ2) is 5.54. The summed E-state index contributed by atoms with van der Waals surface area (Å²) in [6.45, 7) is 0.172. The van der Waals surface area contributed by atoms with Crippen molar-refractivity contribution in [2.24, 2.45) is 0 Å². The minimum atomic E-state index is 0.0925. The third-order valence-corrected chi connectivity index (χ3v) is 3.91. The molecule has 0 spiro atoms. The van der Waals surface area contributed by atoms with Crippen LogP contribution in [0.5, 0.6) is 0 Å². The first-order chi connectivity index (χ1) is 7.40. The molecule has 1 heterocycles. The largest absolute Gasteiger partial charge is 0.394 e. The van der Waals surface area contributed by atoms with Crippen molar-refractivity contribution in [3.05, 3.63) is 35.9 Å². The molecule has 1 saturated heterocycles. The monoisotopic (exact) mass is 223 g/mol. The van der Waals surface area contributed by atoms with Crippen LogP contribution in [0.3, 0.4) is 0 Å². The minimum Gasteiger partial charge on any atom is -0.394 e. The first kappa shape index (κ1) is 11.0. The summed E-state index contributed by atoms with van der Waals surface area (Å²) in [6, 6.07) is 10.8. The van der Waals surface area contributed by atoms with Gasteiger partial charge in [-0.05, 0) is 17.7 Å². The number of aliphatic hydroxyl groups excluding tert-OH is 1. The Kier molecular flexibility index (Phi) is 4.06. The number of rotatable bonds is 4. The molecule has 2 rings (SSSR count). The maximum atomic E-state index is 9.37. The molecule has 0 aromatic heterocycles. The maximum absolute atomic E-state index is 9.37. The topological polar surface area (TPSA) is 32.3 Å². The fraction of sp³-hybridized carbons (Fsp3) is 0.500. The summed E-state index contributed by atoms with van der Waals surface area (Å²) in [5.74, 6) is 2.41.